The second kappa shape index (κ2) is 2.51. The molecule has 1 rings (SSSR count). The standard InChI is InChI=1S/C6H14N2OS/c1-5-3-6(4-5)8-10(2,7)9/h5-6H,3-4H2,1-2H3,(H2,7,8,9). The van der Waals surface area contributed by atoms with E-state index in [1.807, 2.05) is 0 Å². The van der Waals surface area contributed by atoms with Gasteiger partial charge in [0.05, 0.1) is 6.04 Å². The summed E-state index contributed by atoms with van der Waals surface area (Å²) >= 11 is 0. The number of nitrogens with zero attached hydrogens (tertiary/aromatic N) is 1. The number of hydrogen-bond donors (Lipinski definition) is 1. The summed E-state index contributed by atoms with van der Waals surface area (Å²) in [5, 5.41) is 5.25. The Kier molecular flexibility index (Phi) is 2.01. The van der Waals surface area contributed by atoms with Crippen LogP contribution in [0, 0.1) is 5.92 Å². The van der Waals surface area contributed by atoms with E-state index in [9.17, 15) is 4.21 Å². The van der Waals surface area contributed by atoms with Crippen LogP contribution in [0.4, 0.5) is 0 Å². The Balaban J connectivity index is 2.50. The van der Waals surface area contributed by atoms with Gasteiger partial charge in [0, 0.05) is 6.26 Å². The van der Waals surface area contributed by atoms with Gasteiger partial charge in [-0.3, -0.25) is 0 Å². The highest BCUT2D eigenvalue weighted by Crippen LogP contribution is 2.29. The lowest BCUT2D eigenvalue weighted by molar-refractivity contribution is 0.293. The molecule has 0 radical (unpaired) electrons. The molecule has 1 unspecified atom stereocenters. The predicted molar refractivity (Wildman–Crippen MR) is 42.9 cm³/mol. The highest BCUT2D eigenvalue weighted by molar-refractivity contribution is 7.90. The van der Waals surface area contributed by atoms with E-state index >= 15 is 0 Å². The third kappa shape index (κ3) is 2.27. The van der Waals surface area contributed by atoms with E-state index < -0.39 is 9.92 Å². The van der Waals surface area contributed by atoms with E-state index in [1.54, 1.807) is 0 Å². The van der Waals surface area contributed by atoms with Crippen LogP contribution in [0.15, 0.2) is 4.36 Å². The average Bonchev–Trinajstić information content (AvgIpc) is 1.57. The van der Waals surface area contributed by atoms with Crippen molar-refractivity contribution >= 4 is 9.92 Å². The van der Waals surface area contributed by atoms with Crippen LogP contribution in [0.5, 0.6) is 0 Å². The van der Waals surface area contributed by atoms with Gasteiger partial charge in [-0.1, -0.05) is 6.92 Å². The Labute approximate surface area is 62.3 Å². The number of hydrogen-bond acceptors (Lipinski definition) is 2. The van der Waals surface area contributed by atoms with Gasteiger partial charge in [0.2, 0.25) is 0 Å². The molecule has 1 aliphatic rings. The van der Waals surface area contributed by atoms with E-state index in [0.717, 1.165) is 18.8 Å². The van der Waals surface area contributed by atoms with Crippen molar-refractivity contribution in [2.45, 2.75) is 25.8 Å². The molecule has 3 nitrogen and oxygen atoms in total. The van der Waals surface area contributed by atoms with Crippen LogP contribution in [0.1, 0.15) is 19.8 Å². The van der Waals surface area contributed by atoms with Crippen molar-refractivity contribution in [2.24, 2.45) is 15.4 Å². The lowest BCUT2D eigenvalue weighted by Crippen LogP contribution is -2.27. The minimum absolute atomic E-state index is 0.275. The first-order valence-corrected chi connectivity index (χ1v) is 5.45. The molecule has 0 aromatic rings. The molecule has 60 valence electrons. The molecule has 10 heavy (non-hydrogen) atoms. The largest absolute Gasteiger partial charge is 0.245 e. The van der Waals surface area contributed by atoms with Gasteiger partial charge < -0.3 is 0 Å². The first-order valence-electron chi connectivity index (χ1n) is 3.46. The maximum absolute atomic E-state index is 10.9. The highest BCUT2D eigenvalue weighted by atomic mass is 32.2. The van der Waals surface area contributed by atoms with E-state index in [4.69, 9.17) is 5.14 Å². The second-order valence-corrected chi connectivity index (χ2v) is 5.13. The van der Waals surface area contributed by atoms with Gasteiger partial charge in [-0.05, 0) is 18.8 Å². The van der Waals surface area contributed by atoms with Crippen molar-refractivity contribution in [1.82, 2.24) is 0 Å². The van der Waals surface area contributed by atoms with Gasteiger partial charge in [-0.25, -0.2) is 13.7 Å². The topological polar surface area (TPSA) is 55.4 Å². The molecule has 0 amide bonds. The van der Waals surface area contributed by atoms with E-state index in [1.165, 1.54) is 6.26 Å². The summed E-state index contributed by atoms with van der Waals surface area (Å²) < 4.78 is 14.9. The predicted octanol–water partition coefficient (Wildman–Crippen LogP) is 0.756. The fourth-order valence-corrected chi connectivity index (χ4v) is 2.01. The van der Waals surface area contributed by atoms with E-state index in [-0.39, 0.29) is 6.04 Å². The Morgan fingerprint density at radius 2 is 2.10 bits per heavy atom. The van der Waals surface area contributed by atoms with Crippen LogP contribution < -0.4 is 5.14 Å². The molecule has 0 aliphatic heterocycles. The quantitative estimate of drug-likeness (QED) is 0.608. The molecule has 0 heterocycles. The van der Waals surface area contributed by atoms with Crippen LogP contribution in [-0.4, -0.2) is 16.5 Å². The lowest BCUT2D eigenvalue weighted by atomic mass is 9.83. The van der Waals surface area contributed by atoms with Gasteiger partial charge in [-0.15, -0.1) is 0 Å². The molecular formula is C6H14N2OS. The monoisotopic (exact) mass is 162 g/mol. The molecule has 0 spiro atoms. The van der Waals surface area contributed by atoms with Gasteiger partial charge in [-0.2, -0.15) is 0 Å². The Hall–Kier alpha value is -0.0900. The Morgan fingerprint density at radius 1 is 1.60 bits per heavy atom. The molecule has 1 fully saturated rings. The fourth-order valence-electron chi connectivity index (χ4n) is 1.24. The zero-order valence-corrected chi connectivity index (χ0v) is 7.23. The second-order valence-electron chi connectivity index (χ2n) is 3.20. The number of nitrogens with two attached hydrogens (primary N) is 1. The fraction of sp³-hybridized carbons (Fsp3) is 1.00. The smallest absolute Gasteiger partial charge is 0.102 e. The van der Waals surface area contributed by atoms with Crippen molar-refractivity contribution in [1.29, 1.82) is 0 Å². The first kappa shape index (κ1) is 8.01. The molecular weight excluding hydrogens is 148 g/mol. The Bertz CT molecular complexity index is 216. The first-order chi connectivity index (χ1) is 4.47. The SMILES string of the molecule is CC1CC(N=S(C)(N)=O)C1. The highest BCUT2D eigenvalue weighted by Gasteiger charge is 2.25. The van der Waals surface area contributed by atoms with Crippen molar-refractivity contribution < 1.29 is 4.21 Å². The lowest BCUT2D eigenvalue weighted by Gasteiger charge is -2.29. The summed E-state index contributed by atoms with van der Waals surface area (Å²) in [5.41, 5.74) is 0. The molecule has 1 aliphatic carbocycles. The van der Waals surface area contributed by atoms with Gasteiger partial charge >= 0.3 is 0 Å². The van der Waals surface area contributed by atoms with Crippen molar-refractivity contribution in [3.05, 3.63) is 0 Å². The molecule has 0 aromatic carbocycles. The maximum atomic E-state index is 10.9. The van der Waals surface area contributed by atoms with Crippen LogP contribution in [-0.2, 0) is 9.92 Å². The number of rotatable bonds is 1. The molecule has 0 saturated heterocycles. The normalized spacial score (nSPS) is 37.9. The minimum Gasteiger partial charge on any atom is -0.245 e. The molecule has 2 N–H and O–H groups in total. The molecule has 1 atom stereocenters. The van der Waals surface area contributed by atoms with Crippen molar-refractivity contribution in [3.63, 3.8) is 0 Å². The van der Waals surface area contributed by atoms with Crippen molar-refractivity contribution in [3.8, 4) is 0 Å². The van der Waals surface area contributed by atoms with Crippen LogP contribution in [0.3, 0.4) is 0 Å². The minimum atomic E-state index is -2.33. The van der Waals surface area contributed by atoms with E-state index in [0.29, 0.717) is 0 Å². The summed E-state index contributed by atoms with van der Waals surface area (Å²) in [5.74, 6) is 0.746. The van der Waals surface area contributed by atoms with Gasteiger partial charge in [0.1, 0.15) is 9.92 Å². The zero-order valence-electron chi connectivity index (χ0n) is 6.41. The molecule has 1 saturated carbocycles. The summed E-state index contributed by atoms with van der Waals surface area (Å²) in [4.78, 5) is 0. The third-order valence-electron chi connectivity index (χ3n) is 1.71. The van der Waals surface area contributed by atoms with Gasteiger partial charge in [0.25, 0.3) is 0 Å². The Morgan fingerprint density at radius 3 is 2.40 bits per heavy atom. The van der Waals surface area contributed by atoms with Gasteiger partial charge in [0.15, 0.2) is 0 Å². The van der Waals surface area contributed by atoms with Crippen molar-refractivity contribution in [2.75, 3.05) is 6.26 Å². The molecule has 0 bridgehead atoms. The third-order valence-corrected chi connectivity index (χ3v) is 2.42. The molecule has 4 heteroatoms. The molecule has 0 aromatic heterocycles. The maximum Gasteiger partial charge on any atom is 0.102 e. The van der Waals surface area contributed by atoms with Crippen LogP contribution in [0.25, 0.3) is 0 Å². The van der Waals surface area contributed by atoms with E-state index in [2.05, 4.69) is 11.3 Å². The van der Waals surface area contributed by atoms with Crippen LogP contribution in [0.2, 0.25) is 0 Å². The zero-order chi connectivity index (χ0) is 7.78. The average molecular weight is 162 g/mol. The summed E-state index contributed by atoms with van der Waals surface area (Å²) in [6.45, 7) is 2.17. The van der Waals surface area contributed by atoms with Crippen LogP contribution >= 0.6 is 0 Å². The summed E-state index contributed by atoms with van der Waals surface area (Å²) in [6, 6.07) is 0.275. The summed E-state index contributed by atoms with van der Waals surface area (Å²) in [6.07, 6.45) is 3.60. The summed E-state index contributed by atoms with van der Waals surface area (Å²) in [7, 11) is -2.33.